The average molecular weight is 386 g/mol. The number of hydrogen-bond donors (Lipinski definition) is 0. The van der Waals surface area contributed by atoms with Gasteiger partial charge in [-0.05, 0) is 39.4 Å². The molecule has 0 radical (unpaired) electrons. The number of esters is 1. The zero-order valence-corrected chi connectivity index (χ0v) is 11.9. The predicted molar refractivity (Wildman–Crippen MR) is 68.9 cm³/mol. The van der Waals surface area contributed by atoms with Crippen LogP contribution in [-0.2, 0) is 16.0 Å². The van der Waals surface area contributed by atoms with Crippen LogP contribution < -0.4 is 0 Å². The van der Waals surface area contributed by atoms with Crippen molar-refractivity contribution >= 4 is 34.4 Å². The quantitative estimate of drug-likeness (QED) is 0.336. The lowest BCUT2D eigenvalue weighted by Crippen LogP contribution is -2.11. The van der Waals surface area contributed by atoms with E-state index in [9.17, 15) is 23.7 Å². The van der Waals surface area contributed by atoms with E-state index in [0.717, 1.165) is 6.20 Å². The first-order valence-corrected chi connectivity index (χ1v) is 6.21. The third-order valence-corrected chi connectivity index (χ3v) is 3.41. The van der Waals surface area contributed by atoms with Crippen molar-refractivity contribution in [2.24, 2.45) is 0 Å². The average Bonchev–Trinajstić information content (AvgIpc) is 2.30. The van der Waals surface area contributed by atoms with Crippen molar-refractivity contribution in [1.29, 1.82) is 0 Å². The molecule has 0 unspecified atom stereocenters. The second-order valence-electron chi connectivity index (χ2n) is 3.37. The van der Waals surface area contributed by atoms with Gasteiger partial charge in [0, 0.05) is 9.13 Å². The molecule has 1 rings (SSSR count). The van der Waals surface area contributed by atoms with Gasteiger partial charge in [-0.25, -0.2) is 8.78 Å². The zero-order valence-electron chi connectivity index (χ0n) is 9.73. The minimum absolute atomic E-state index is 0.0395. The van der Waals surface area contributed by atoms with E-state index in [4.69, 9.17) is 0 Å². The molecule has 0 aromatic carbocycles. The molecule has 0 fully saturated rings. The Labute approximate surface area is 120 Å². The van der Waals surface area contributed by atoms with Crippen LogP contribution in [0.4, 0.5) is 14.6 Å². The van der Waals surface area contributed by atoms with E-state index in [1.165, 1.54) is 0 Å². The topological polar surface area (TPSA) is 82.3 Å². The van der Waals surface area contributed by atoms with Crippen LogP contribution in [0, 0.1) is 13.7 Å². The molecule has 0 saturated carbocycles. The summed E-state index contributed by atoms with van der Waals surface area (Å²) in [6.45, 7) is 1.78. The summed E-state index contributed by atoms with van der Waals surface area (Å²) >= 11 is 1.54. The molecule has 0 aliphatic carbocycles. The molecule has 0 saturated heterocycles. The van der Waals surface area contributed by atoms with Crippen molar-refractivity contribution in [2.45, 2.75) is 19.8 Å². The van der Waals surface area contributed by atoms with Gasteiger partial charge < -0.3 is 14.9 Å². The van der Waals surface area contributed by atoms with Gasteiger partial charge in [-0.2, -0.15) is 0 Å². The van der Waals surface area contributed by atoms with Crippen molar-refractivity contribution in [3.63, 3.8) is 0 Å². The number of hydrogen-bond acceptors (Lipinski definition) is 5. The maximum Gasteiger partial charge on any atom is 0.373 e. The van der Waals surface area contributed by atoms with Gasteiger partial charge in [0.25, 0.3) is 6.43 Å². The van der Waals surface area contributed by atoms with Crippen LogP contribution in [0.3, 0.4) is 0 Å². The molecule has 0 aliphatic rings. The second-order valence-corrected chi connectivity index (χ2v) is 4.45. The van der Waals surface area contributed by atoms with Crippen molar-refractivity contribution in [1.82, 2.24) is 4.98 Å². The fourth-order valence-electron chi connectivity index (χ4n) is 1.37. The first-order chi connectivity index (χ1) is 8.88. The summed E-state index contributed by atoms with van der Waals surface area (Å²) in [6, 6.07) is 0. The predicted octanol–water partition coefficient (Wildman–Crippen LogP) is 2.64. The summed E-state index contributed by atoms with van der Waals surface area (Å²) in [6.07, 6.45) is -2.25. The van der Waals surface area contributed by atoms with Crippen LogP contribution in [0.1, 0.15) is 24.5 Å². The van der Waals surface area contributed by atoms with E-state index in [0.29, 0.717) is 0 Å². The van der Waals surface area contributed by atoms with E-state index >= 15 is 0 Å². The van der Waals surface area contributed by atoms with Crippen LogP contribution in [0.15, 0.2) is 6.20 Å². The second kappa shape index (κ2) is 6.68. The largest absolute Gasteiger partial charge is 0.466 e. The summed E-state index contributed by atoms with van der Waals surface area (Å²) in [5, 5.41) is 10.6. The standard InChI is InChI=1S/C10H9F2IN2O4/c1-2-19-6(16)3-5-4-14-10(15(17)18)7(8(5)13)9(11)12/h4,9H,2-3H2,1H3. The van der Waals surface area contributed by atoms with E-state index in [1.54, 1.807) is 29.5 Å². The molecule has 0 aliphatic heterocycles. The highest BCUT2D eigenvalue weighted by Crippen LogP contribution is 2.33. The number of pyridine rings is 1. The molecule has 0 amide bonds. The zero-order chi connectivity index (χ0) is 14.6. The lowest BCUT2D eigenvalue weighted by molar-refractivity contribution is -0.391. The normalized spacial score (nSPS) is 10.6. The van der Waals surface area contributed by atoms with Crippen molar-refractivity contribution < 1.29 is 23.2 Å². The number of rotatable bonds is 5. The number of halogens is 3. The highest BCUT2D eigenvalue weighted by molar-refractivity contribution is 14.1. The fraction of sp³-hybridized carbons (Fsp3) is 0.400. The van der Waals surface area contributed by atoms with Crippen LogP contribution in [-0.4, -0.2) is 22.5 Å². The molecule has 6 nitrogen and oxygen atoms in total. The number of nitrogens with zero attached hydrogens (tertiary/aromatic N) is 2. The Morgan fingerprint density at radius 2 is 2.26 bits per heavy atom. The molecule has 0 atom stereocenters. The van der Waals surface area contributed by atoms with Gasteiger partial charge in [0.2, 0.25) is 0 Å². The Balaban J connectivity index is 3.20. The van der Waals surface area contributed by atoms with Gasteiger partial charge in [0.1, 0.15) is 11.8 Å². The number of alkyl halides is 2. The Morgan fingerprint density at radius 3 is 2.74 bits per heavy atom. The number of nitro groups is 1. The maximum absolute atomic E-state index is 12.8. The van der Waals surface area contributed by atoms with Crippen molar-refractivity contribution in [2.75, 3.05) is 6.61 Å². The first kappa shape index (κ1) is 15.7. The maximum atomic E-state index is 12.8. The smallest absolute Gasteiger partial charge is 0.373 e. The molecule has 0 spiro atoms. The number of carbonyl (C=O) groups is 1. The number of aromatic nitrogens is 1. The number of carbonyl (C=O) groups excluding carboxylic acids is 1. The Kier molecular flexibility index (Phi) is 5.51. The minimum atomic E-state index is -3.04. The van der Waals surface area contributed by atoms with Crippen molar-refractivity contribution in [3.8, 4) is 0 Å². The summed E-state index contributed by atoms with van der Waals surface area (Å²) in [5.74, 6) is -1.50. The van der Waals surface area contributed by atoms with Crippen LogP contribution in [0.2, 0.25) is 0 Å². The molecule has 104 valence electrons. The molecule has 1 heterocycles. The summed E-state index contributed by atoms with van der Waals surface area (Å²) in [4.78, 5) is 24.3. The van der Waals surface area contributed by atoms with Crippen LogP contribution in [0.25, 0.3) is 0 Å². The van der Waals surface area contributed by atoms with Gasteiger partial charge in [-0.1, -0.05) is 0 Å². The van der Waals surface area contributed by atoms with Gasteiger partial charge in [0.05, 0.1) is 13.0 Å². The molecule has 9 heteroatoms. The van der Waals surface area contributed by atoms with Crippen LogP contribution in [0.5, 0.6) is 0 Å². The highest BCUT2D eigenvalue weighted by Gasteiger charge is 2.29. The molecule has 19 heavy (non-hydrogen) atoms. The first-order valence-electron chi connectivity index (χ1n) is 5.13. The monoisotopic (exact) mass is 386 g/mol. The lowest BCUT2D eigenvalue weighted by Gasteiger charge is -2.08. The fourth-order valence-corrected chi connectivity index (χ4v) is 2.17. The SMILES string of the molecule is CCOC(=O)Cc1cnc([N+](=O)[O-])c(C(F)F)c1I. The summed E-state index contributed by atoms with van der Waals surface area (Å²) in [7, 11) is 0. The lowest BCUT2D eigenvalue weighted by atomic mass is 10.1. The third-order valence-electron chi connectivity index (χ3n) is 2.13. The van der Waals surface area contributed by atoms with E-state index in [1.807, 2.05) is 0 Å². The Bertz CT molecular complexity index is 511. The molecular formula is C10H9F2IN2O4. The van der Waals surface area contributed by atoms with Gasteiger partial charge in [0.15, 0.2) is 0 Å². The molecule has 1 aromatic rings. The van der Waals surface area contributed by atoms with Crippen molar-refractivity contribution in [3.05, 3.63) is 31.0 Å². The van der Waals surface area contributed by atoms with E-state index < -0.39 is 28.7 Å². The Hall–Kier alpha value is -1.39. The third kappa shape index (κ3) is 3.78. The summed E-state index contributed by atoms with van der Waals surface area (Å²) in [5.41, 5.74) is -0.590. The molecular weight excluding hydrogens is 377 g/mol. The van der Waals surface area contributed by atoms with Gasteiger partial charge in [-0.3, -0.25) is 4.79 Å². The summed E-state index contributed by atoms with van der Waals surface area (Å²) < 4.78 is 30.3. The van der Waals surface area contributed by atoms with Gasteiger partial charge in [-0.15, -0.1) is 0 Å². The Morgan fingerprint density at radius 1 is 1.63 bits per heavy atom. The molecule has 0 bridgehead atoms. The van der Waals surface area contributed by atoms with Crippen LogP contribution >= 0.6 is 22.6 Å². The highest BCUT2D eigenvalue weighted by atomic mass is 127. The van der Waals surface area contributed by atoms with E-state index in [-0.39, 0.29) is 22.2 Å². The number of ether oxygens (including phenoxy) is 1. The molecule has 1 aromatic heterocycles. The minimum Gasteiger partial charge on any atom is -0.466 e. The molecule has 0 N–H and O–H groups in total. The van der Waals surface area contributed by atoms with E-state index in [2.05, 4.69) is 9.72 Å². The van der Waals surface area contributed by atoms with Gasteiger partial charge >= 0.3 is 11.8 Å².